The molecule has 1 unspecified atom stereocenters. The lowest BCUT2D eigenvalue weighted by Gasteiger charge is -1.84. The van der Waals surface area contributed by atoms with E-state index < -0.39 is 9.46 Å². The van der Waals surface area contributed by atoms with E-state index in [0.29, 0.717) is 0 Å². The van der Waals surface area contributed by atoms with Crippen LogP contribution < -0.4 is 0 Å². The van der Waals surface area contributed by atoms with Crippen LogP contribution in [0.3, 0.4) is 0 Å². The standard InChI is InChI=1S/C3H7O2PS/c1-3-7(4,5)6-2/h3,6H,1H2,2H3. The highest BCUT2D eigenvalue weighted by molar-refractivity contribution is 8.44. The van der Waals surface area contributed by atoms with E-state index in [9.17, 15) is 8.42 Å². The molecule has 7 heavy (non-hydrogen) atoms. The Morgan fingerprint density at radius 1 is 1.71 bits per heavy atom. The molecule has 0 heterocycles. The van der Waals surface area contributed by atoms with Gasteiger partial charge in [0.15, 0.2) is 9.46 Å². The van der Waals surface area contributed by atoms with Crippen molar-refractivity contribution < 1.29 is 8.42 Å². The molecule has 0 saturated heterocycles. The van der Waals surface area contributed by atoms with Crippen LogP contribution in [-0.4, -0.2) is 15.1 Å². The van der Waals surface area contributed by atoms with Gasteiger partial charge in [0, 0.05) is 13.2 Å². The second kappa shape index (κ2) is 2.43. The van der Waals surface area contributed by atoms with Crippen molar-refractivity contribution in [1.29, 1.82) is 0 Å². The molecule has 0 saturated carbocycles. The molecule has 0 aromatic heterocycles. The molecular weight excluding hydrogens is 131 g/mol. The molecule has 0 aromatic rings. The van der Waals surface area contributed by atoms with Gasteiger partial charge in [-0.25, -0.2) is 8.42 Å². The van der Waals surface area contributed by atoms with Gasteiger partial charge in [-0.05, 0) is 6.66 Å². The van der Waals surface area contributed by atoms with Crippen LogP contribution in [0.5, 0.6) is 0 Å². The van der Waals surface area contributed by atoms with Gasteiger partial charge in [-0.1, -0.05) is 6.58 Å². The number of hydrogen-bond donors (Lipinski definition) is 0. The molecule has 0 aliphatic heterocycles. The van der Waals surface area contributed by atoms with Gasteiger partial charge >= 0.3 is 0 Å². The zero-order valence-corrected chi connectivity index (χ0v) is 5.83. The van der Waals surface area contributed by atoms with Gasteiger partial charge in [-0.2, -0.15) is 0 Å². The second-order valence-corrected chi connectivity index (χ2v) is 5.68. The molecule has 0 aliphatic rings. The predicted octanol–water partition coefficient (Wildman–Crippen LogP) is 0.768. The van der Waals surface area contributed by atoms with E-state index in [1.165, 1.54) is 0 Å². The highest BCUT2D eigenvalue weighted by Crippen LogP contribution is 2.15. The third-order valence-corrected chi connectivity index (χ3v) is 3.72. The van der Waals surface area contributed by atoms with Crippen LogP contribution in [0.4, 0.5) is 0 Å². The Bertz CT molecular complexity index is 146. The van der Waals surface area contributed by atoms with Crippen LogP contribution in [0, 0.1) is 0 Å². The van der Waals surface area contributed by atoms with Crippen molar-refractivity contribution >= 4 is 17.2 Å². The molecule has 0 N–H and O–H groups in total. The molecule has 4 heteroatoms. The molecule has 0 fully saturated rings. The SMILES string of the molecule is C=CS(=O)(=O)PC. The summed E-state index contributed by atoms with van der Waals surface area (Å²) in [6.07, 6.45) is 0. The van der Waals surface area contributed by atoms with Crippen LogP contribution in [0.25, 0.3) is 0 Å². The van der Waals surface area contributed by atoms with Gasteiger partial charge in [-0.3, -0.25) is 0 Å². The first-order valence-corrected chi connectivity index (χ1v) is 5.45. The van der Waals surface area contributed by atoms with Crippen molar-refractivity contribution in [1.82, 2.24) is 0 Å². The fourth-order valence-electron chi connectivity index (χ4n) is 0.0833. The third kappa shape index (κ3) is 2.77. The summed E-state index contributed by atoms with van der Waals surface area (Å²) in [6, 6.07) is 0. The fraction of sp³-hybridized carbons (Fsp3) is 0.333. The zero-order valence-electron chi connectivity index (χ0n) is 4.01. The Hall–Kier alpha value is 0.120. The van der Waals surface area contributed by atoms with Gasteiger partial charge in [-0.15, -0.1) is 0 Å². The topological polar surface area (TPSA) is 34.1 Å². The van der Waals surface area contributed by atoms with E-state index in [2.05, 4.69) is 6.58 Å². The minimum atomic E-state index is -2.87. The predicted molar refractivity (Wildman–Crippen MR) is 33.4 cm³/mol. The Morgan fingerprint density at radius 2 is 2.14 bits per heavy atom. The van der Waals surface area contributed by atoms with Crippen molar-refractivity contribution in [3.63, 3.8) is 0 Å². The summed E-state index contributed by atoms with van der Waals surface area (Å²) in [6.45, 7) is 4.73. The molecule has 0 radical (unpaired) electrons. The van der Waals surface area contributed by atoms with Crippen LogP contribution in [0.2, 0.25) is 0 Å². The first-order valence-electron chi connectivity index (χ1n) is 1.68. The quantitative estimate of drug-likeness (QED) is 0.528. The van der Waals surface area contributed by atoms with Crippen LogP contribution >= 0.6 is 7.78 Å². The smallest absolute Gasteiger partial charge is 0.184 e. The molecule has 0 amide bonds. The monoisotopic (exact) mass is 138 g/mol. The highest BCUT2D eigenvalue weighted by Gasteiger charge is 1.95. The molecule has 42 valence electrons. The van der Waals surface area contributed by atoms with Gasteiger partial charge in [0.05, 0.1) is 0 Å². The Morgan fingerprint density at radius 3 is 2.14 bits per heavy atom. The van der Waals surface area contributed by atoms with Gasteiger partial charge in [0.25, 0.3) is 0 Å². The lowest BCUT2D eigenvalue weighted by Crippen LogP contribution is -1.78. The summed E-state index contributed by atoms with van der Waals surface area (Å²) < 4.78 is 20.5. The summed E-state index contributed by atoms with van der Waals surface area (Å²) in [5.41, 5.74) is 0. The lowest BCUT2D eigenvalue weighted by atomic mass is 11.3. The maximum absolute atomic E-state index is 10.3. The molecule has 0 bridgehead atoms. The normalized spacial score (nSPS) is 12.7. The summed E-state index contributed by atoms with van der Waals surface area (Å²) in [7, 11) is -2.93. The van der Waals surface area contributed by atoms with Crippen molar-refractivity contribution in [2.45, 2.75) is 0 Å². The van der Waals surface area contributed by atoms with Gasteiger partial charge in [0.1, 0.15) is 0 Å². The maximum atomic E-state index is 10.3. The Kier molecular flexibility index (Phi) is 2.47. The first-order chi connectivity index (χ1) is 3.12. The molecule has 0 aromatic carbocycles. The molecule has 0 aliphatic carbocycles. The van der Waals surface area contributed by atoms with Crippen molar-refractivity contribution in [3.05, 3.63) is 12.0 Å². The van der Waals surface area contributed by atoms with Gasteiger partial charge < -0.3 is 0 Å². The lowest BCUT2D eigenvalue weighted by molar-refractivity contribution is 0.618. The molecule has 0 rings (SSSR count). The molecule has 2 nitrogen and oxygen atoms in total. The highest BCUT2D eigenvalue weighted by atomic mass is 32.8. The van der Waals surface area contributed by atoms with Crippen LogP contribution in [0.1, 0.15) is 0 Å². The molecule has 1 atom stereocenters. The minimum absolute atomic E-state index is 0.0613. The van der Waals surface area contributed by atoms with E-state index in [1.807, 2.05) is 0 Å². The Labute approximate surface area is 45.1 Å². The van der Waals surface area contributed by atoms with E-state index in [0.717, 1.165) is 5.41 Å². The number of rotatable bonds is 2. The molecule has 0 spiro atoms. The summed E-state index contributed by atoms with van der Waals surface area (Å²) in [5.74, 6) is 0. The van der Waals surface area contributed by atoms with Crippen molar-refractivity contribution in [2.75, 3.05) is 6.66 Å². The van der Waals surface area contributed by atoms with E-state index in [-0.39, 0.29) is 7.78 Å². The van der Waals surface area contributed by atoms with E-state index >= 15 is 0 Å². The average molecular weight is 138 g/mol. The zero-order chi connectivity index (χ0) is 5.91. The largest absolute Gasteiger partial charge is 0.220 e. The summed E-state index contributed by atoms with van der Waals surface area (Å²) >= 11 is 0. The first kappa shape index (κ1) is 7.12. The van der Waals surface area contributed by atoms with Crippen molar-refractivity contribution in [2.24, 2.45) is 0 Å². The second-order valence-electron chi connectivity index (χ2n) is 0.916. The summed E-state index contributed by atoms with van der Waals surface area (Å²) in [4.78, 5) is 0. The van der Waals surface area contributed by atoms with E-state index in [4.69, 9.17) is 0 Å². The van der Waals surface area contributed by atoms with Crippen LogP contribution in [-0.2, 0) is 9.46 Å². The maximum Gasteiger partial charge on any atom is 0.184 e. The van der Waals surface area contributed by atoms with Crippen molar-refractivity contribution in [3.8, 4) is 0 Å². The number of hydrogen-bond acceptors (Lipinski definition) is 2. The Balaban J connectivity index is 4.17. The van der Waals surface area contributed by atoms with Crippen LogP contribution in [0.15, 0.2) is 12.0 Å². The minimum Gasteiger partial charge on any atom is -0.220 e. The fourth-order valence-corrected chi connectivity index (χ4v) is 0.750. The van der Waals surface area contributed by atoms with Gasteiger partial charge in [0.2, 0.25) is 0 Å². The van der Waals surface area contributed by atoms with E-state index in [1.54, 1.807) is 6.66 Å². The average Bonchev–Trinajstić information content (AvgIpc) is 1.68. The third-order valence-electron chi connectivity index (χ3n) is 0.504. The summed E-state index contributed by atoms with van der Waals surface area (Å²) in [5, 5.41) is 0.978. The molecular formula is C3H7O2PS.